The Morgan fingerprint density at radius 3 is 2.64 bits per heavy atom. The molecule has 178 valence electrons. The number of anilines is 1. The van der Waals surface area contributed by atoms with Crippen LogP contribution in [0.5, 0.6) is 0 Å². The van der Waals surface area contributed by atoms with Gasteiger partial charge in [0.2, 0.25) is 5.91 Å². The highest BCUT2D eigenvalue weighted by molar-refractivity contribution is 7.99. The lowest BCUT2D eigenvalue weighted by Gasteiger charge is -2.15. The summed E-state index contributed by atoms with van der Waals surface area (Å²) in [5, 5.41) is 14.8. The second-order valence-corrected chi connectivity index (χ2v) is 11.9. The third-order valence-corrected chi connectivity index (χ3v) is 9.05. The zero-order chi connectivity index (χ0) is 23.4. The van der Waals surface area contributed by atoms with E-state index in [1.165, 1.54) is 11.8 Å². The quantitative estimate of drug-likeness (QED) is 0.543. The van der Waals surface area contributed by atoms with Crippen molar-refractivity contribution in [2.24, 2.45) is 13.0 Å². The van der Waals surface area contributed by atoms with Gasteiger partial charge in [-0.05, 0) is 37.3 Å². The first-order valence-corrected chi connectivity index (χ1v) is 14.0. The topological polar surface area (TPSA) is 123 Å². The molecule has 9 nitrogen and oxygen atoms in total. The Balaban J connectivity index is 1.32. The summed E-state index contributed by atoms with van der Waals surface area (Å²) in [7, 11) is -1.11. The van der Waals surface area contributed by atoms with Crippen LogP contribution in [0.4, 0.5) is 5.69 Å². The molecule has 2 aromatic rings. The summed E-state index contributed by atoms with van der Waals surface area (Å²) in [6.07, 6.45) is 5.45. The molecule has 1 aliphatic heterocycles. The van der Waals surface area contributed by atoms with Gasteiger partial charge in [-0.3, -0.25) is 9.59 Å². The smallest absolute Gasteiger partial charge is 0.253 e. The molecule has 2 heterocycles. The number of aromatic nitrogens is 3. The summed E-state index contributed by atoms with van der Waals surface area (Å²) in [5.74, 6) is 0.905. The Morgan fingerprint density at radius 2 is 1.91 bits per heavy atom. The van der Waals surface area contributed by atoms with E-state index in [-0.39, 0.29) is 41.0 Å². The van der Waals surface area contributed by atoms with E-state index in [4.69, 9.17) is 0 Å². The molecular formula is C22H29N5O4S2. The van der Waals surface area contributed by atoms with Crippen LogP contribution in [0, 0.1) is 5.92 Å². The van der Waals surface area contributed by atoms with Crippen molar-refractivity contribution in [3.8, 4) is 0 Å². The largest absolute Gasteiger partial charge is 0.349 e. The molecule has 2 N–H and O–H groups in total. The van der Waals surface area contributed by atoms with Gasteiger partial charge in [-0.1, -0.05) is 36.7 Å². The molecule has 4 rings (SSSR count). The molecule has 2 amide bonds. The van der Waals surface area contributed by atoms with E-state index in [1.54, 1.807) is 24.3 Å². The molecule has 1 aliphatic carbocycles. The fraction of sp³-hybridized carbons (Fsp3) is 0.545. The van der Waals surface area contributed by atoms with Crippen LogP contribution >= 0.6 is 11.8 Å². The van der Waals surface area contributed by atoms with Crippen molar-refractivity contribution in [1.29, 1.82) is 0 Å². The van der Waals surface area contributed by atoms with Crippen molar-refractivity contribution in [3.05, 3.63) is 35.7 Å². The maximum Gasteiger partial charge on any atom is 0.253 e. The SMILES string of the molecule is Cn1c(C[C@@H]2CCS(=O)(=O)C2)nnc1SCC(=O)Nc1ccccc1C(=O)NC1CCCC1. The molecule has 11 heteroatoms. The minimum atomic E-state index is -2.93. The van der Waals surface area contributed by atoms with E-state index < -0.39 is 9.84 Å². The number of sulfone groups is 1. The standard InChI is InChI=1S/C22H29N5O4S2/c1-27-19(12-15-10-11-33(30,31)14-15)25-26-22(27)32-13-20(28)24-18-9-5-4-8-17(18)21(29)23-16-6-2-3-7-16/h4-5,8-9,15-16H,2-3,6-7,10-14H2,1H3,(H,23,29)(H,24,28)/t15-/m0/s1. The van der Waals surface area contributed by atoms with Gasteiger partial charge in [0.25, 0.3) is 5.91 Å². The molecule has 1 aromatic carbocycles. The van der Waals surface area contributed by atoms with E-state index >= 15 is 0 Å². The Bertz CT molecular complexity index is 1130. The van der Waals surface area contributed by atoms with Crippen molar-refractivity contribution < 1.29 is 18.0 Å². The van der Waals surface area contributed by atoms with Gasteiger partial charge in [-0.25, -0.2) is 8.42 Å². The molecule has 2 fully saturated rings. The van der Waals surface area contributed by atoms with Crippen LogP contribution in [0.3, 0.4) is 0 Å². The average Bonchev–Trinajstić information content (AvgIpc) is 3.49. The Morgan fingerprint density at radius 1 is 1.15 bits per heavy atom. The van der Waals surface area contributed by atoms with Crippen LogP contribution in [-0.2, 0) is 28.1 Å². The first kappa shape index (κ1) is 23.7. The van der Waals surface area contributed by atoms with E-state index in [2.05, 4.69) is 20.8 Å². The molecule has 1 aromatic heterocycles. The van der Waals surface area contributed by atoms with Gasteiger partial charge in [0.1, 0.15) is 5.82 Å². The lowest BCUT2D eigenvalue weighted by Crippen LogP contribution is -2.33. The highest BCUT2D eigenvalue weighted by atomic mass is 32.2. The first-order valence-electron chi connectivity index (χ1n) is 11.2. The monoisotopic (exact) mass is 491 g/mol. The summed E-state index contributed by atoms with van der Waals surface area (Å²) in [5.41, 5.74) is 0.940. The van der Waals surface area contributed by atoms with Crippen LogP contribution in [-0.4, -0.2) is 58.3 Å². The highest BCUT2D eigenvalue weighted by Gasteiger charge is 2.29. The molecule has 0 spiro atoms. The van der Waals surface area contributed by atoms with E-state index in [0.717, 1.165) is 25.7 Å². The van der Waals surface area contributed by atoms with Gasteiger partial charge in [-0.2, -0.15) is 0 Å². The predicted octanol–water partition coefficient (Wildman–Crippen LogP) is 2.20. The second kappa shape index (κ2) is 10.3. The van der Waals surface area contributed by atoms with Crippen LogP contribution < -0.4 is 10.6 Å². The normalized spacial score (nSPS) is 20.1. The number of carbonyl (C=O) groups is 2. The Kier molecular flexibility index (Phi) is 7.38. The molecule has 0 bridgehead atoms. The first-order chi connectivity index (χ1) is 15.8. The van der Waals surface area contributed by atoms with Crippen molar-refractivity contribution in [2.75, 3.05) is 22.6 Å². The third kappa shape index (κ3) is 6.14. The van der Waals surface area contributed by atoms with Gasteiger partial charge >= 0.3 is 0 Å². The number of carbonyl (C=O) groups excluding carboxylic acids is 2. The number of benzene rings is 1. The zero-order valence-corrected chi connectivity index (χ0v) is 20.3. The minimum absolute atomic E-state index is 0.0610. The van der Waals surface area contributed by atoms with Gasteiger partial charge in [0.15, 0.2) is 15.0 Å². The number of hydrogen-bond donors (Lipinski definition) is 2. The molecule has 2 aliphatic rings. The van der Waals surface area contributed by atoms with E-state index in [9.17, 15) is 18.0 Å². The molecule has 1 saturated heterocycles. The zero-order valence-electron chi connectivity index (χ0n) is 18.6. The number of nitrogens with zero attached hydrogens (tertiary/aromatic N) is 3. The van der Waals surface area contributed by atoms with Crippen LogP contribution in [0.15, 0.2) is 29.4 Å². The van der Waals surface area contributed by atoms with Crippen molar-refractivity contribution in [1.82, 2.24) is 20.1 Å². The molecule has 0 radical (unpaired) electrons. The van der Waals surface area contributed by atoms with Crippen molar-refractivity contribution >= 4 is 39.1 Å². The highest BCUT2D eigenvalue weighted by Crippen LogP contribution is 2.24. The molecule has 1 saturated carbocycles. The summed E-state index contributed by atoms with van der Waals surface area (Å²) in [4.78, 5) is 25.3. The van der Waals surface area contributed by atoms with Gasteiger partial charge < -0.3 is 15.2 Å². The fourth-order valence-corrected chi connectivity index (χ4v) is 6.97. The second-order valence-electron chi connectivity index (χ2n) is 8.77. The number of nitrogens with one attached hydrogen (secondary N) is 2. The van der Waals surface area contributed by atoms with E-state index in [0.29, 0.717) is 35.1 Å². The minimum Gasteiger partial charge on any atom is -0.349 e. The number of para-hydroxylation sites is 1. The number of amides is 2. The summed E-state index contributed by atoms with van der Waals surface area (Å²) >= 11 is 1.25. The maximum atomic E-state index is 12.7. The lowest BCUT2D eigenvalue weighted by atomic mass is 10.1. The molecule has 0 unspecified atom stereocenters. The average molecular weight is 492 g/mol. The van der Waals surface area contributed by atoms with Crippen LogP contribution in [0.25, 0.3) is 0 Å². The summed E-state index contributed by atoms with van der Waals surface area (Å²) in [6.45, 7) is 0. The van der Waals surface area contributed by atoms with E-state index in [1.807, 2.05) is 11.6 Å². The van der Waals surface area contributed by atoms with Crippen LogP contribution in [0.2, 0.25) is 0 Å². The summed E-state index contributed by atoms with van der Waals surface area (Å²) in [6, 6.07) is 7.21. The molecule has 1 atom stereocenters. The molecule has 33 heavy (non-hydrogen) atoms. The van der Waals surface area contributed by atoms with Gasteiger partial charge in [0.05, 0.1) is 28.5 Å². The Hall–Kier alpha value is -2.40. The summed E-state index contributed by atoms with van der Waals surface area (Å²) < 4.78 is 25.2. The lowest BCUT2D eigenvalue weighted by molar-refractivity contribution is -0.113. The van der Waals surface area contributed by atoms with Crippen molar-refractivity contribution in [2.45, 2.75) is 49.7 Å². The fourth-order valence-electron chi connectivity index (χ4n) is 4.38. The maximum absolute atomic E-state index is 12.7. The van der Waals surface area contributed by atoms with Gasteiger partial charge in [-0.15, -0.1) is 10.2 Å². The predicted molar refractivity (Wildman–Crippen MR) is 127 cm³/mol. The van der Waals surface area contributed by atoms with Crippen LogP contribution in [0.1, 0.15) is 48.3 Å². The third-order valence-electron chi connectivity index (χ3n) is 6.19. The van der Waals surface area contributed by atoms with Gasteiger partial charge in [0, 0.05) is 19.5 Å². The number of rotatable bonds is 8. The molecular weight excluding hydrogens is 462 g/mol. The number of thioether (sulfide) groups is 1. The Labute approximate surface area is 198 Å². The number of hydrogen-bond acceptors (Lipinski definition) is 7. The van der Waals surface area contributed by atoms with Crippen molar-refractivity contribution in [3.63, 3.8) is 0 Å².